The summed E-state index contributed by atoms with van der Waals surface area (Å²) >= 11 is 1.29. The number of aryl methyl sites for hydroxylation is 1. The molecule has 2 rings (SSSR count). The number of hydrogen-bond donors (Lipinski definition) is 2. The summed E-state index contributed by atoms with van der Waals surface area (Å²) < 4.78 is 28.5. The molecule has 8 heteroatoms. The Morgan fingerprint density at radius 1 is 1.53 bits per heavy atom. The van der Waals surface area contributed by atoms with Crippen molar-refractivity contribution in [1.29, 1.82) is 0 Å². The van der Waals surface area contributed by atoms with E-state index in [9.17, 15) is 8.42 Å². The van der Waals surface area contributed by atoms with Gasteiger partial charge in [0.2, 0.25) is 10.0 Å². The van der Waals surface area contributed by atoms with Crippen molar-refractivity contribution in [3.05, 3.63) is 34.5 Å². The second kappa shape index (κ2) is 5.83. The summed E-state index contributed by atoms with van der Waals surface area (Å²) in [5, 5.41) is 9.03. The van der Waals surface area contributed by atoms with Crippen LogP contribution in [0, 0.1) is 6.92 Å². The van der Waals surface area contributed by atoms with Crippen LogP contribution in [-0.4, -0.2) is 29.6 Å². The minimum Gasteiger partial charge on any atom is -0.391 e. The van der Waals surface area contributed by atoms with E-state index in [-0.39, 0.29) is 11.5 Å². The monoisotopic (exact) mass is 301 g/mol. The van der Waals surface area contributed by atoms with Crippen LogP contribution in [0.5, 0.6) is 0 Å². The molecule has 2 aromatic heterocycles. The third-order valence-electron chi connectivity index (χ3n) is 2.59. The molecule has 0 atom stereocenters. The van der Waals surface area contributed by atoms with Crippen molar-refractivity contribution in [1.82, 2.24) is 14.3 Å². The summed E-state index contributed by atoms with van der Waals surface area (Å²) in [6.45, 7) is 2.40. The topological polar surface area (TPSA) is 84.2 Å². The molecule has 0 amide bonds. The van der Waals surface area contributed by atoms with Gasteiger partial charge < -0.3 is 9.67 Å². The fourth-order valence-electron chi connectivity index (χ4n) is 1.67. The largest absolute Gasteiger partial charge is 0.391 e. The molecular weight excluding hydrogens is 286 g/mol. The van der Waals surface area contributed by atoms with Crippen molar-refractivity contribution in [3.63, 3.8) is 0 Å². The van der Waals surface area contributed by atoms with Crippen molar-refractivity contribution < 1.29 is 13.5 Å². The molecule has 6 nitrogen and oxygen atoms in total. The van der Waals surface area contributed by atoms with Crippen LogP contribution in [0.3, 0.4) is 0 Å². The highest BCUT2D eigenvalue weighted by Crippen LogP contribution is 2.25. The molecule has 0 radical (unpaired) electrons. The van der Waals surface area contributed by atoms with Gasteiger partial charge in [-0.05, 0) is 13.0 Å². The van der Waals surface area contributed by atoms with Crippen LogP contribution in [-0.2, 0) is 23.2 Å². The van der Waals surface area contributed by atoms with Crippen molar-refractivity contribution >= 4 is 21.4 Å². The quantitative estimate of drug-likeness (QED) is 0.823. The summed E-state index contributed by atoms with van der Waals surface area (Å²) in [6.07, 6.45) is 5.05. The van der Waals surface area contributed by atoms with Gasteiger partial charge in [-0.1, -0.05) is 0 Å². The Hall–Kier alpha value is -1.22. The summed E-state index contributed by atoms with van der Waals surface area (Å²) in [7, 11) is -3.52. The lowest BCUT2D eigenvalue weighted by Crippen LogP contribution is -2.27. The zero-order valence-corrected chi connectivity index (χ0v) is 12.0. The van der Waals surface area contributed by atoms with Crippen molar-refractivity contribution in [2.45, 2.75) is 25.0 Å². The van der Waals surface area contributed by atoms with E-state index in [0.29, 0.717) is 22.8 Å². The number of aliphatic hydroxyl groups excluding tert-OH is 1. The van der Waals surface area contributed by atoms with E-state index in [1.165, 1.54) is 17.4 Å². The number of sulfonamides is 1. The van der Waals surface area contributed by atoms with Crippen molar-refractivity contribution in [2.75, 3.05) is 6.54 Å². The first kappa shape index (κ1) is 14.2. The van der Waals surface area contributed by atoms with Crippen LogP contribution in [0.2, 0.25) is 0 Å². The smallest absolute Gasteiger partial charge is 0.241 e. The highest BCUT2D eigenvalue weighted by Gasteiger charge is 2.19. The molecule has 19 heavy (non-hydrogen) atoms. The molecule has 0 unspecified atom stereocenters. The third-order valence-corrected chi connectivity index (χ3v) is 5.34. The van der Waals surface area contributed by atoms with Gasteiger partial charge in [-0.15, -0.1) is 11.3 Å². The third kappa shape index (κ3) is 3.41. The fraction of sp³-hybridized carbons (Fsp3) is 0.364. The first-order valence-corrected chi connectivity index (χ1v) is 7.98. The molecule has 0 spiro atoms. The Kier molecular flexibility index (Phi) is 4.35. The van der Waals surface area contributed by atoms with E-state index >= 15 is 0 Å². The van der Waals surface area contributed by atoms with E-state index in [1.54, 1.807) is 30.2 Å². The fourth-order valence-corrected chi connectivity index (χ4v) is 4.19. The minimum atomic E-state index is -3.52. The Bertz CT molecular complexity index is 632. The van der Waals surface area contributed by atoms with Gasteiger partial charge in [0.1, 0.15) is 0 Å². The molecule has 0 aliphatic rings. The van der Waals surface area contributed by atoms with Gasteiger partial charge in [0.25, 0.3) is 0 Å². The maximum absolute atomic E-state index is 12.1. The van der Waals surface area contributed by atoms with Crippen LogP contribution in [0.4, 0.5) is 0 Å². The van der Waals surface area contributed by atoms with E-state index in [4.69, 9.17) is 5.11 Å². The Morgan fingerprint density at radius 3 is 2.89 bits per heavy atom. The van der Waals surface area contributed by atoms with E-state index in [0.717, 1.165) is 0 Å². The molecule has 0 saturated carbocycles. The Morgan fingerprint density at radius 2 is 2.32 bits per heavy atom. The van der Waals surface area contributed by atoms with Gasteiger partial charge in [0.05, 0.1) is 17.8 Å². The molecule has 0 aliphatic carbocycles. The van der Waals surface area contributed by atoms with Crippen LogP contribution >= 0.6 is 11.3 Å². The molecule has 2 aromatic rings. The molecule has 2 heterocycles. The molecule has 0 aromatic carbocycles. The zero-order chi connectivity index (χ0) is 13.9. The molecule has 0 saturated heterocycles. The number of thiophene rings is 1. The predicted molar refractivity (Wildman–Crippen MR) is 72.4 cm³/mol. The lowest BCUT2D eigenvalue weighted by atomic mass is 10.4. The van der Waals surface area contributed by atoms with E-state index in [1.807, 2.05) is 0 Å². The first-order valence-electron chi connectivity index (χ1n) is 5.68. The number of aromatic nitrogens is 2. The maximum atomic E-state index is 12.1. The van der Waals surface area contributed by atoms with Crippen LogP contribution in [0.15, 0.2) is 29.7 Å². The van der Waals surface area contributed by atoms with Gasteiger partial charge in [-0.25, -0.2) is 18.1 Å². The first-order chi connectivity index (χ1) is 9.03. The number of hydrogen-bond acceptors (Lipinski definition) is 5. The van der Waals surface area contributed by atoms with E-state index < -0.39 is 10.0 Å². The van der Waals surface area contributed by atoms with Gasteiger partial charge in [0, 0.05) is 35.2 Å². The molecule has 0 bridgehead atoms. The Balaban J connectivity index is 2.03. The van der Waals surface area contributed by atoms with Crippen LogP contribution in [0.1, 0.15) is 9.75 Å². The second-order valence-corrected chi connectivity index (χ2v) is 7.07. The van der Waals surface area contributed by atoms with Crippen LogP contribution < -0.4 is 4.72 Å². The summed E-state index contributed by atoms with van der Waals surface area (Å²) in [5.74, 6) is 0. The second-order valence-electron chi connectivity index (χ2n) is 3.99. The standard InChI is InChI=1S/C11H15N3O3S2/c1-9-11(6-10(7-15)18-9)19(16,17)13-3-5-14-4-2-12-8-14/h2,4,6,8,13,15H,3,5,7H2,1H3. The van der Waals surface area contributed by atoms with Gasteiger partial charge in [-0.3, -0.25) is 0 Å². The van der Waals surface area contributed by atoms with Crippen molar-refractivity contribution in [3.8, 4) is 0 Å². The summed E-state index contributed by atoms with van der Waals surface area (Å²) in [6, 6.07) is 1.51. The van der Waals surface area contributed by atoms with Gasteiger partial charge in [-0.2, -0.15) is 0 Å². The molecule has 104 valence electrons. The van der Waals surface area contributed by atoms with Gasteiger partial charge >= 0.3 is 0 Å². The number of rotatable bonds is 6. The lowest BCUT2D eigenvalue weighted by Gasteiger charge is -2.06. The number of nitrogens with zero attached hydrogens (tertiary/aromatic N) is 2. The van der Waals surface area contributed by atoms with Gasteiger partial charge in [0.15, 0.2) is 0 Å². The normalized spacial score (nSPS) is 11.9. The molecule has 2 N–H and O–H groups in total. The number of aliphatic hydroxyl groups is 1. The van der Waals surface area contributed by atoms with Crippen molar-refractivity contribution in [2.24, 2.45) is 0 Å². The SMILES string of the molecule is Cc1sc(CO)cc1S(=O)(=O)NCCn1ccnc1. The summed E-state index contributed by atoms with van der Waals surface area (Å²) in [4.78, 5) is 5.45. The average Bonchev–Trinajstić information content (AvgIpc) is 2.98. The number of nitrogens with one attached hydrogen (secondary N) is 1. The zero-order valence-electron chi connectivity index (χ0n) is 10.4. The molecule has 0 aliphatic heterocycles. The average molecular weight is 301 g/mol. The highest BCUT2D eigenvalue weighted by molar-refractivity contribution is 7.89. The van der Waals surface area contributed by atoms with E-state index in [2.05, 4.69) is 9.71 Å². The lowest BCUT2D eigenvalue weighted by molar-refractivity contribution is 0.285. The van der Waals surface area contributed by atoms with Crippen LogP contribution in [0.25, 0.3) is 0 Å². The molecular formula is C11H15N3O3S2. The number of imidazole rings is 1. The molecule has 0 fully saturated rings. The maximum Gasteiger partial charge on any atom is 0.241 e. The minimum absolute atomic E-state index is 0.143. The Labute approximate surface area is 115 Å². The summed E-state index contributed by atoms with van der Waals surface area (Å²) in [5.41, 5.74) is 0. The predicted octanol–water partition coefficient (Wildman–Crippen LogP) is 0.724. The highest BCUT2D eigenvalue weighted by atomic mass is 32.2.